The molecule has 3 aromatic rings. The molecule has 0 spiro atoms. The number of H-pyrrole nitrogens is 1. The molecular formula is C23H21Cl2N2Na4O13P3S. The average Bonchev–Trinajstić information content (AvgIpc) is 3.22. The van der Waals surface area contributed by atoms with Crippen LogP contribution in [-0.2, 0) is 27.3 Å². The van der Waals surface area contributed by atoms with E-state index in [2.05, 4.69) is 13.8 Å². The fourth-order valence-corrected chi connectivity index (χ4v) is 8.66. The summed E-state index contributed by atoms with van der Waals surface area (Å²) in [6, 6.07) is 18.2. The van der Waals surface area contributed by atoms with Crippen LogP contribution in [0.2, 0.25) is 0 Å². The number of alkyl halides is 2. The first-order valence-corrected chi connectivity index (χ1v) is 17.9. The van der Waals surface area contributed by atoms with Crippen molar-refractivity contribution in [3.63, 3.8) is 0 Å². The van der Waals surface area contributed by atoms with Crippen LogP contribution < -0.4 is 143 Å². The predicted molar refractivity (Wildman–Crippen MR) is 150 cm³/mol. The van der Waals surface area contributed by atoms with Crippen molar-refractivity contribution in [2.75, 3.05) is 6.61 Å². The largest absolute Gasteiger partial charge is 1.00 e. The fourth-order valence-electron chi connectivity index (χ4n) is 4.35. The molecule has 0 aliphatic carbocycles. The van der Waals surface area contributed by atoms with Gasteiger partial charge in [-0.2, -0.15) is 0 Å². The van der Waals surface area contributed by atoms with Crippen molar-refractivity contribution in [3.8, 4) is 0 Å². The van der Waals surface area contributed by atoms with E-state index >= 15 is 0 Å². The second-order valence-electron chi connectivity index (χ2n) is 9.38. The first-order valence-electron chi connectivity index (χ1n) is 12.2. The number of aliphatic hydroxyl groups excluding tert-OH is 2. The van der Waals surface area contributed by atoms with Crippen molar-refractivity contribution in [1.82, 2.24) is 9.55 Å². The normalized spacial score (nSPS) is 21.8. The summed E-state index contributed by atoms with van der Waals surface area (Å²) >= 11 is 15.5. The van der Waals surface area contributed by atoms with Crippen LogP contribution in [0.5, 0.6) is 0 Å². The van der Waals surface area contributed by atoms with Crippen molar-refractivity contribution in [2.24, 2.45) is 0 Å². The number of aliphatic hydroxyl groups is 2. The minimum atomic E-state index is -6.38. The molecule has 2 unspecified atom stereocenters. The van der Waals surface area contributed by atoms with Crippen LogP contribution in [0, 0.1) is 4.64 Å². The van der Waals surface area contributed by atoms with E-state index in [1.54, 1.807) is 0 Å². The SMILES string of the molecule is O=c1[nH]c(=S)c(C(c2ccccc2)c2ccccc2)cn1[C@@H]1O[C@H](COP(=O)([O-])OP(=O)([O-])C(Cl)(Cl)P(=O)([O-])[O-])[C@@H](O)[C@H]1O.[Na+].[Na+].[Na+].[Na+]. The number of aromatic nitrogens is 2. The number of phosphoric acid groups is 1. The van der Waals surface area contributed by atoms with Gasteiger partial charge >= 0.3 is 124 Å². The summed E-state index contributed by atoms with van der Waals surface area (Å²) in [5.41, 5.74) is 1.15. The van der Waals surface area contributed by atoms with Gasteiger partial charge in [-0.1, -0.05) is 96.1 Å². The topological polar surface area (TPSA) is 249 Å². The Kier molecular flexibility index (Phi) is 21.4. The van der Waals surface area contributed by atoms with Gasteiger partial charge in [0.05, 0.1) is 6.61 Å². The Morgan fingerprint density at radius 1 is 0.917 bits per heavy atom. The molecule has 4 rings (SSSR count). The minimum Gasteiger partial charge on any atom is -0.808 e. The molecule has 2 aromatic carbocycles. The van der Waals surface area contributed by atoms with Crippen LogP contribution in [0.15, 0.2) is 71.7 Å². The molecule has 48 heavy (non-hydrogen) atoms. The Balaban J connectivity index is 0.00000552. The monoisotopic (exact) mass is 820 g/mol. The van der Waals surface area contributed by atoms with Crippen LogP contribution in [0.1, 0.15) is 28.8 Å². The maximum atomic E-state index is 12.9. The van der Waals surface area contributed by atoms with Gasteiger partial charge in [0.2, 0.25) is 3.82 Å². The summed E-state index contributed by atoms with van der Waals surface area (Å²) in [7, 11) is -18.8. The number of rotatable bonds is 11. The quantitative estimate of drug-likeness (QED) is 0.0704. The molecule has 0 radical (unpaired) electrons. The van der Waals surface area contributed by atoms with E-state index in [9.17, 15) is 48.3 Å². The summed E-state index contributed by atoms with van der Waals surface area (Å²) in [5.74, 6) is -0.503. The van der Waals surface area contributed by atoms with Gasteiger partial charge in [-0.15, -0.1) is 0 Å². The van der Waals surface area contributed by atoms with E-state index in [4.69, 9.17) is 40.2 Å². The number of hydrogen-bond donors (Lipinski definition) is 3. The molecule has 1 aliphatic rings. The molecule has 1 aromatic heterocycles. The first-order chi connectivity index (χ1) is 20.4. The maximum Gasteiger partial charge on any atom is 1.00 e. The number of benzene rings is 2. The molecular weight excluding hydrogens is 800 g/mol. The van der Waals surface area contributed by atoms with Crippen LogP contribution in [0.3, 0.4) is 0 Å². The Bertz CT molecular complexity index is 1740. The molecule has 2 heterocycles. The van der Waals surface area contributed by atoms with Gasteiger partial charge in [0, 0.05) is 17.7 Å². The number of nitrogens with one attached hydrogen (secondary N) is 1. The Morgan fingerprint density at radius 3 is 1.85 bits per heavy atom. The second kappa shape index (κ2) is 20.4. The number of halogens is 2. The molecule has 1 aliphatic heterocycles. The van der Waals surface area contributed by atoms with Gasteiger partial charge in [-0.25, -0.2) is 4.79 Å². The standard InChI is InChI=1S/C23H25Cl2N2O13P3S.4Na/c24-23(25,41(31,32)33)42(34,35)40-43(36,37)38-12-16-18(28)19(29)21(39-16)27-11-15(20(44)26-22(27)30)17(13-7-3-1-4-8-13)14-9-5-2-6-10-14;;;;/h1-11,16-19,21,28-29H,12H2,(H,34,35)(H,36,37)(H,26,30,44)(H2,31,32,33);;;;/q;4*+1/p-4/t16-,18-,19-,21-;;;;/m1..../s1. The fraction of sp³-hybridized carbons (Fsp3) is 0.304. The zero-order chi connectivity index (χ0) is 32.7. The van der Waals surface area contributed by atoms with Crippen molar-refractivity contribution in [3.05, 3.63) is 98.7 Å². The summed E-state index contributed by atoms with van der Waals surface area (Å²) in [5, 5.41) is 21.2. The number of hydrogen-bond acceptors (Lipinski definition) is 14. The third-order valence-electron chi connectivity index (χ3n) is 6.45. The van der Waals surface area contributed by atoms with E-state index in [-0.39, 0.29) is 123 Å². The van der Waals surface area contributed by atoms with E-state index in [0.29, 0.717) is 5.56 Å². The van der Waals surface area contributed by atoms with E-state index in [1.807, 2.05) is 60.7 Å². The Morgan fingerprint density at radius 2 is 1.40 bits per heavy atom. The van der Waals surface area contributed by atoms with E-state index < -0.39 is 69.6 Å². The zero-order valence-corrected chi connectivity index (χ0v) is 38.8. The van der Waals surface area contributed by atoms with Gasteiger partial charge in [0.1, 0.15) is 23.0 Å². The van der Waals surface area contributed by atoms with Crippen molar-refractivity contribution in [1.29, 1.82) is 0 Å². The molecule has 15 nitrogen and oxygen atoms in total. The van der Waals surface area contributed by atoms with Crippen molar-refractivity contribution >= 4 is 58.4 Å². The molecule has 0 amide bonds. The van der Waals surface area contributed by atoms with Crippen molar-refractivity contribution in [2.45, 2.75) is 34.3 Å². The average molecular weight is 821 g/mol. The molecule has 240 valence electrons. The molecule has 0 bridgehead atoms. The van der Waals surface area contributed by atoms with E-state index in [1.165, 1.54) is 6.20 Å². The number of phosphoric ester groups is 1. The van der Waals surface area contributed by atoms with Gasteiger partial charge in [0.15, 0.2) is 13.8 Å². The van der Waals surface area contributed by atoms with Gasteiger partial charge < -0.3 is 48.2 Å². The molecule has 1 saturated heterocycles. The van der Waals surface area contributed by atoms with Crippen molar-refractivity contribution < 1.29 is 175 Å². The molecule has 1 fully saturated rings. The predicted octanol–water partition coefficient (Wildman–Crippen LogP) is -11.2. The van der Waals surface area contributed by atoms with Gasteiger partial charge in [-0.05, 0) is 18.7 Å². The second-order valence-corrected chi connectivity index (χ2v) is 17.7. The van der Waals surface area contributed by atoms with Crippen LogP contribution in [0.4, 0.5) is 0 Å². The minimum absolute atomic E-state index is 0. The van der Waals surface area contributed by atoms with Crippen LogP contribution in [-0.4, -0.2) is 48.5 Å². The zero-order valence-electron chi connectivity index (χ0n) is 25.8. The first kappa shape index (κ1) is 50.5. The maximum absolute atomic E-state index is 12.9. The number of ether oxygens (including phenoxy) is 1. The number of aromatic amines is 1. The number of nitrogens with zero attached hydrogens (tertiary/aromatic N) is 1. The van der Waals surface area contributed by atoms with Crippen LogP contribution in [0.25, 0.3) is 0 Å². The van der Waals surface area contributed by atoms with Gasteiger partial charge in [-0.3, -0.25) is 18.4 Å². The molecule has 6 atom stereocenters. The Labute approximate surface area is 377 Å². The third-order valence-corrected chi connectivity index (χ3v) is 14.2. The third kappa shape index (κ3) is 11.7. The van der Waals surface area contributed by atoms with E-state index in [0.717, 1.165) is 15.7 Å². The molecule has 25 heteroatoms. The summed E-state index contributed by atoms with van der Waals surface area (Å²) in [6.07, 6.45) is -5.79. The summed E-state index contributed by atoms with van der Waals surface area (Å²) < 4.78 is 45.5. The van der Waals surface area contributed by atoms with Gasteiger partial charge in [0.25, 0.3) is 7.82 Å². The molecule has 0 saturated carbocycles. The molecule has 3 N–H and O–H groups in total. The van der Waals surface area contributed by atoms with Crippen LogP contribution >= 0.6 is 58.4 Å². The summed E-state index contributed by atoms with van der Waals surface area (Å²) in [4.78, 5) is 61.7. The Hall–Kier alpha value is 2.45. The smallest absolute Gasteiger partial charge is 0.808 e. The summed E-state index contributed by atoms with van der Waals surface area (Å²) in [6.45, 7) is -1.21.